The van der Waals surface area contributed by atoms with Gasteiger partial charge in [0.15, 0.2) is 0 Å². The van der Waals surface area contributed by atoms with Crippen LogP contribution in [0.25, 0.3) is 0 Å². The fourth-order valence-electron chi connectivity index (χ4n) is 2.03. The molecule has 1 aromatic carbocycles. The third kappa shape index (κ3) is 4.01. The van der Waals surface area contributed by atoms with Crippen molar-refractivity contribution in [2.45, 2.75) is 25.1 Å². The van der Waals surface area contributed by atoms with E-state index in [0.29, 0.717) is 12.8 Å². The number of halogens is 4. The minimum absolute atomic E-state index is 0.276. The molecular formula is C15H14F4N2. The van der Waals surface area contributed by atoms with Gasteiger partial charge in [-0.25, -0.2) is 4.39 Å². The SMILES string of the molecule is NC(CCc1ccncc1)c1ccc(F)c(C(F)(F)F)c1. The van der Waals surface area contributed by atoms with Crippen molar-refractivity contribution in [3.8, 4) is 0 Å². The van der Waals surface area contributed by atoms with Gasteiger partial charge in [0.25, 0.3) is 0 Å². The van der Waals surface area contributed by atoms with Gasteiger partial charge in [0, 0.05) is 18.4 Å². The fraction of sp³-hybridized carbons (Fsp3) is 0.267. The van der Waals surface area contributed by atoms with Crippen LogP contribution in [0.1, 0.15) is 29.2 Å². The van der Waals surface area contributed by atoms with Crippen molar-refractivity contribution in [3.63, 3.8) is 0 Å². The maximum atomic E-state index is 13.2. The van der Waals surface area contributed by atoms with E-state index >= 15 is 0 Å². The molecule has 0 aliphatic rings. The van der Waals surface area contributed by atoms with E-state index in [4.69, 9.17) is 5.73 Å². The van der Waals surface area contributed by atoms with Crippen LogP contribution in [0.2, 0.25) is 0 Å². The van der Waals surface area contributed by atoms with E-state index in [1.165, 1.54) is 6.07 Å². The number of hydrogen-bond donors (Lipinski definition) is 1. The number of rotatable bonds is 4. The highest BCUT2D eigenvalue weighted by Gasteiger charge is 2.34. The predicted molar refractivity (Wildman–Crippen MR) is 70.9 cm³/mol. The van der Waals surface area contributed by atoms with Gasteiger partial charge < -0.3 is 5.73 Å². The van der Waals surface area contributed by atoms with Crippen LogP contribution in [0.15, 0.2) is 42.7 Å². The molecule has 0 bridgehead atoms. The Morgan fingerprint density at radius 1 is 1.10 bits per heavy atom. The minimum Gasteiger partial charge on any atom is -0.324 e. The molecule has 2 nitrogen and oxygen atoms in total. The highest BCUT2D eigenvalue weighted by Crippen LogP contribution is 2.33. The summed E-state index contributed by atoms with van der Waals surface area (Å²) in [5.74, 6) is -1.28. The Balaban J connectivity index is 2.11. The molecule has 0 saturated heterocycles. The molecule has 1 unspecified atom stereocenters. The second kappa shape index (κ2) is 6.22. The van der Waals surface area contributed by atoms with Crippen LogP contribution in [0.5, 0.6) is 0 Å². The molecule has 0 saturated carbocycles. The fourth-order valence-corrected chi connectivity index (χ4v) is 2.03. The van der Waals surface area contributed by atoms with Crippen LogP contribution in [0, 0.1) is 5.82 Å². The first kappa shape index (κ1) is 15.4. The summed E-state index contributed by atoms with van der Waals surface area (Å²) >= 11 is 0. The van der Waals surface area contributed by atoms with E-state index in [2.05, 4.69) is 4.98 Å². The minimum atomic E-state index is -4.72. The molecule has 21 heavy (non-hydrogen) atoms. The second-order valence-corrected chi connectivity index (χ2v) is 4.74. The molecule has 0 aliphatic carbocycles. The standard InChI is InChI=1S/C15H14F4N2/c16-13-3-2-11(9-12(13)15(17,18)19)14(20)4-1-10-5-7-21-8-6-10/h2-3,5-9,14H,1,4,20H2. The maximum absolute atomic E-state index is 13.2. The average Bonchev–Trinajstić information content (AvgIpc) is 2.45. The Bertz CT molecular complexity index is 596. The molecule has 1 atom stereocenters. The summed E-state index contributed by atoms with van der Waals surface area (Å²) < 4.78 is 51.2. The quantitative estimate of drug-likeness (QED) is 0.870. The van der Waals surface area contributed by atoms with Crippen LogP contribution in [0.4, 0.5) is 17.6 Å². The van der Waals surface area contributed by atoms with Gasteiger partial charge in [-0.3, -0.25) is 4.98 Å². The van der Waals surface area contributed by atoms with Crippen molar-refractivity contribution >= 4 is 0 Å². The van der Waals surface area contributed by atoms with Gasteiger partial charge in [-0.05, 0) is 48.2 Å². The lowest BCUT2D eigenvalue weighted by molar-refractivity contribution is -0.140. The zero-order valence-corrected chi connectivity index (χ0v) is 11.1. The number of hydrogen-bond acceptors (Lipinski definition) is 2. The number of benzene rings is 1. The van der Waals surface area contributed by atoms with Crippen molar-refractivity contribution in [2.24, 2.45) is 5.73 Å². The molecule has 112 valence electrons. The van der Waals surface area contributed by atoms with Gasteiger partial charge >= 0.3 is 6.18 Å². The molecule has 0 amide bonds. The average molecular weight is 298 g/mol. The Hall–Kier alpha value is -1.95. The Labute approximate surface area is 119 Å². The van der Waals surface area contributed by atoms with Gasteiger partial charge in [0.05, 0.1) is 5.56 Å². The van der Waals surface area contributed by atoms with E-state index in [0.717, 1.165) is 17.7 Å². The maximum Gasteiger partial charge on any atom is 0.419 e. The molecule has 6 heteroatoms. The van der Waals surface area contributed by atoms with E-state index < -0.39 is 23.6 Å². The number of aromatic nitrogens is 1. The van der Waals surface area contributed by atoms with Gasteiger partial charge in [0.1, 0.15) is 5.82 Å². The summed E-state index contributed by atoms with van der Waals surface area (Å²) in [4.78, 5) is 3.88. The van der Waals surface area contributed by atoms with Crippen LogP contribution >= 0.6 is 0 Å². The third-order valence-electron chi connectivity index (χ3n) is 3.22. The first-order valence-electron chi connectivity index (χ1n) is 6.39. The Morgan fingerprint density at radius 3 is 2.38 bits per heavy atom. The van der Waals surface area contributed by atoms with Crippen molar-refractivity contribution in [1.82, 2.24) is 4.98 Å². The first-order chi connectivity index (χ1) is 9.88. The Morgan fingerprint density at radius 2 is 1.76 bits per heavy atom. The molecule has 1 aromatic heterocycles. The Kier molecular flexibility index (Phi) is 4.57. The van der Waals surface area contributed by atoms with Crippen LogP contribution in [-0.2, 0) is 12.6 Å². The van der Waals surface area contributed by atoms with Crippen molar-refractivity contribution in [2.75, 3.05) is 0 Å². The summed E-state index contributed by atoms with van der Waals surface area (Å²) in [5.41, 5.74) is 5.90. The lowest BCUT2D eigenvalue weighted by Crippen LogP contribution is -2.14. The lowest BCUT2D eigenvalue weighted by Gasteiger charge is -2.15. The van der Waals surface area contributed by atoms with Gasteiger partial charge in [0.2, 0.25) is 0 Å². The van der Waals surface area contributed by atoms with Crippen LogP contribution < -0.4 is 5.73 Å². The molecule has 2 N–H and O–H groups in total. The van der Waals surface area contributed by atoms with E-state index in [-0.39, 0.29) is 5.56 Å². The summed E-state index contributed by atoms with van der Waals surface area (Å²) in [5, 5.41) is 0. The number of nitrogens with zero attached hydrogens (tertiary/aromatic N) is 1. The van der Waals surface area contributed by atoms with Crippen LogP contribution in [-0.4, -0.2) is 4.98 Å². The lowest BCUT2D eigenvalue weighted by atomic mass is 9.98. The molecule has 0 spiro atoms. The first-order valence-corrected chi connectivity index (χ1v) is 6.39. The predicted octanol–water partition coefficient (Wildman–Crippen LogP) is 3.87. The van der Waals surface area contributed by atoms with Crippen molar-refractivity contribution < 1.29 is 17.6 Å². The third-order valence-corrected chi connectivity index (χ3v) is 3.22. The summed E-state index contributed by atoms with van der Waals surface area (Å²) in [6, 6.07) is 5.94. The zero-order chi connectivity index (χ0) is 15.5. The van der Waals surface area contributed by atoms with Gasteiger partial charge in [-0.1, -0.05) is 6.07 Å². The monoisotopic (exact) mass is 298 g/mol. The summed E-state index contributed by atoms with van der Waals surface area (Å²) in [6.45, 7) is 0. The van der Waals surface area contributed by atoms with E-state index in [9.17, 15) is 17.6 Å². The second-order valence-electron chi connectivity index (χ2n) is 4.74. The summed E-state index contributed by atoms with van der Waals surface area (Å²) in [7, 11) is 0. The molecular weight excluding hydrogens is 284 g/mol. The smallest absolute Gasteiger partial charge is 0.324 e. The molecule has 2 aromatic rings. The molecule has 1 heterocycles. The zero-order valence-electron chi connectivity index (χ0n) is 11.1. The number of aryl methyl sites for hydroxylation is 1. The summed E-state index contributed by atoms with van der Waals surface area (Å²) in [6.07, 6.45) is -0.360. The van der Waals surface area contributed by atoms with E-state index in [1.54, 1.807) is 12.4 Å². The molecule has 0 fully saturated rings. The van der Waals surface area contributed by atoms with E-state index in [1.807, 2.05) is 12.1 Å². The normalized spacial score (nSPS) is 13.2. The highest BCUT2D eigenvalue weighted by atomic mass is 19.4. The molecule has 0 radical (unpaired) electrons. The van der Waals surface area contributed by atoms with Crippen LogP contribution in [0.3, 0.4) is 0 Å². The topological polar surface area (TPSA) is 38.9 Å². The van der Waals surface area contributed by atoms with Gasteiger partial charge in [-0.2, -0.15) is 13.2 Å². The van der Waals surface area contributed by atoms with Crippen molar-refractivity contribution in [3.05, 3.63) is 65.2 Å². The molecule has 0 aliphatic heterocycles. The molecule has 2 rings (SSSR count). The van der Waals surface area contributed by atoms with Gasteiger partial charge in [-0.15, -0.1) is 0 Å². The number of pyridine rings is 1. The largest absolute Gasteiger partial charge is 0.419 e. The number of alkyl halides is 3. The number of nitrogens with two attached hydrogens (primary N) is 1. The highest BCUT2D eigenvalue weighted by molar-refractivity contribution is 5.29. The van der Waals surface area contributed by atoms with Crippen molar-refractivity contribution in [1.29, 1.82) is 0 Å².